The maximum atomic E-state index is 13.2. The number of para-hydroxylation sites is 1. The Morgan fingerprint density at radius 3 is 2.52 bits per heavy atom. The van der Waals surface area contributed by atoms with Crippen LogP contribution < -0.4 is 5.32 Å². The minimum Gasteiger partial charge on any atom is -0.334 e. The molecule has 4 rings (SSSR count). The van der Waals surface area contributed by atoms with Crippen LogP contribution in [0.5, 0.6) is 0 Å². The second kappa shape index (κ2) is 7.06. The number of H-pyrrole nitrogens is 1. The number of rotatable bonds is 2. The molecule has 0 unspecified atom stereocenters. The predicted molar refractivity (Wildman–Crippen MR) is 99.0 cm³/mol. The molecule has 0 atom stereocenters. The maximum Gasteiger partial charge on any atom is 0.321 e. The first-order valence-electron chi connectivity index (χ1n) is 8.66. The van der Waals surface area contributed by atoms with Gasteiger partial charge in [0.25, 0.3) is 5.91 Å². The zero-order valence-electron chi connectivity index (χ0n) is 14.5. The molecule has 138 valence electrons. The number of amides is 3. The van der Waals surface area contributed by atoms with Crippen LogP contribution in [0, 0.1) is 5.82 Å². The van der Waals surface area contributed by atoms with E-state index < -0.39 is 5.82 Å². The summed E-state index contributed by atoms with van der Waals surface area (Å²) < 4.78 is 13.2. The minimum atomic E-state index is -0.408. The number of hydrogen-bond acceptors (Lipinski definition) is 3. The van der Waals surface area contributed by atoms with Gasteiger partial charge in [-0.15, -0.1) is 0 Å². The van der Waals surface area contributed by atoms with Crippen molar-refractivity contribution in [2.75, 3.05) is 31.5 Å². The van der Waals surface area contributed by atoms with Crippen molar-refractivity contribution in [3.05, 3.63) is 60.0 Å². The summed E-state index contributed by atoms with van der Waals surface area (Å²) in [6.07, 6.45) is 0. The summed E-state index contributed by atoms with van der Waals surface area (Å²) in [6, 6.07) is 12.9. The van der Waals surface area contributed by atoms with E-state index in [1.54, 1.807) is 15.9 Å². The fraction of sp³-hybridized carbons (Fsp3) is 0.211. The van der Waals surface area contributed by atoms with Gasteiger partial charge in [0.05, 0.1) is 5.52 Å². The first-order valence-corrected chi connectivity index (χ1v) is 8.66. The van der Waals surface area contributed by atoms with E-state index >= 15 is 0 Å². The van der Waals surface area contributed by atoms with Gasteiger partial charge < -0.3 is 15.1 Å². The molecule has 3 aromatic rings. The summed E-state index contributed by atoms with van der Waals surface area (Å²) in [6.45, 7) is 1.62. The number of anilines is 1. The molecule has 0 radical (unpaired) electrons. The Kier molecular flexibility index (Phi) is 4.45. The van der Waals surface area contributed by atoms with E-state index in [-0.39, 0.29) is 11.9 Å². The molecule has 0 spiro atoms. The van der Waals surface area contributed by atoms with Gasteiger partial charge in [-0.25, -0.2) is 9.18 Å². The quantitative estimate of drug-likeness (QED) is 0.731. The second-order valence-corrected chi connectivity index (χ2v) is 6.34. The lowest BCUT2D eigenvalue weighted by atomic mass is 10.2. The number of urea groups is 1. The molecule has 2 heterocycles. The summed E-state index contributed by atoms with van der Waals surface area (Å²) in [5, 5.41) is 10.5. The molecule has 8 heteroatoms. The van der Waals surface area contributed by atoms with Crippen molar-refractivity contribution in [1.82, 2.24) is 20.0 Å². The molecule has 1 aliphatic rings. The first kappa shape index (κ1) is 17.0. The van der Waals surface area contributed by atoms with E-state index in [0.29, 0.717) is 37.6 Å². The Morgan fingerprint density at radius 1 is 1.00 bits per heavy atom. The van der Waals surface area contributed by atoms with Crippen LogP contribution in [0.4, 0.5) is 14.9 Å². The summed E-state index contributed by atoms with van der Waals surface area (Å²) in [7, 11) is 0. The smallest absolute Gasteiger partial charge is 0.321 e. The van der Waals surface area contributed by atoms with Crippen LogP contribution in [-0.4, -0.2) is 58.1 Å². The number of nitrogens with zero attached hydrogens (tertiary/aromatic N) is 3. The summed E-state index contributed by atoms with van der Waals surface area (Å²) in [5.74, 6) is -0.563. The van der Waals surface area contributed by atoms with Gasteiger partial charge in [0.1, 0.15) is 5.82 Å². The highest BCUT2D eigenvalue weighted by atomic mass is 19.1. The third-order valence-corrected chi connectivity index (χ3v) is 4.60. The number of aromatic nitrogens is 2. The fourth-order valence-corrected chi connectivity index (χ4v) is 3.16. The van der Waals surface area contributed by atoms with Crippen LogP contribution in [0.25, 0.3) is 10.9 Å². The zero-order chi connectivity index (χ0) is 18.8. The molecule has 2 N–H and O–H groups in total. The lowest BCUT2D eigenvalue weighted by Crippen LogP contribution is -2.51. The molecule has 0 bridgehead atoms. The number of benzene rings is 2. The Labute approximate surface area is 154 Å². The summed E-state index contributed by atoms with van der Waals surface area (Å²) in [4.78, 5) is 28.4. The Bertz CT molecular complexity index is 994. The number of piperazine rings is 1. The number of nitrogens with one attached hydrogen (secondary N) is 2. The largest absolute Gasteiger partial charge is 0.334 e. The van der Waals surface area contributed by atoms with Crippen molar-refractivity contribution in [3.63, 3.8) is 0 Å². The minimum absolute atomic E-state index is 0.155. The van der Waals surface area contributed by atoms with E-state index in [4.69, 9.17) is 0 Å². The molecular formula is C19H18FN5O2. The van der Waals surface area contributed by atoms with Gasteiger partial charge in [-0.3, -0.25) is 9.89 Å². The van der Waals surface area contributed by atoms with Crippen LogP contribution in [0.1, 0.15) is 10.5 Å². The number of carbonyl (C=O) groups is 2. The predicted octanol–water partition coefficient (Wildman–Crippen LogP) is 2.69. The lowest BCUT2D eigenvalue weighted by molar-refractivity contribution is 0.0667. The summed E-state index contributed by atoms with van der Waals surface area (Å²) >= 11 is 0. The van der Waals surface area contributed by atoms with Crippen molar-refractivity contribution in [2.24, 2.45) is 0 Å². The molecule has 2 aromatic carbocycles. The molecular weight excluding hydrogens is 349 g/mol. The van der Waals surface area contributed by atoms with Gasteiger partial charge in [0.2, 0.25) is 0 Å². The number of hydrogen-bond donors (Lipinski definition) is 2. The first-order chi connectivity index (χ1) is 13.1. The standard InChI is InChI=1S/C19H18FN5O2/c20-13-4-3-5-14(12-13)21-19(27)25-10-8-24(9-11-25)18(26)17-15-6-1-2-7-16(15)22-23-17/h1-7,12H,8-11H2,(H,21,27)(H,22,23). The zero-order valence-corrected chi connectivity index (χ0v) is 14.5. The second-order valence-electron chi connectivity index (χ2n) is 6.34. The van der Waals surface area contributed by atoms with Crippen LogP contribution in [0.2, 0.25) is 0 Å². The van der Waals surface area contributed by atoms with Crippen LogP contribution in [0.15, 0.2) is 48.5 Å². The molecule has 7 nitrogen and oxygen atoms in total. The van der Waals surface area contributed by atoms with Gasteiger partial charge in [-0.05, 0) is 24.3 Å². The average molecular weight is 367 g/mol. The third-order valence-electron chi connectivity index (χ3n) is 4.60. The molecule has 0 saturated carbocycles. The molecule has 0 aliphatic carbocycles. The van der Waals surface area contributed by atoms with Crippen molar-refractivity contribution in [2.45, 2.75) is 0 Å². The maximum absolute atomic E-state index is 13.2. The van der Waals surface area contributed by atoms with E-state index in [0.717, 1.165) is 10.9 Å². The normalized spacial score (nSPS) is 14.4. The molecule has 1 aromatic heterocycles. The molecule has 27 heavy (non-hydrogen) atoms. The van der Waals surface area contributed by atoms with Crippen LogP contribution in [0.3, 0.4) is 0 Å². The Morgan fingerprint density at radius 2 is 1.74 bits per heavy atom. The van der Waals surface area contributed by atoms with E-state index in [2.05, 4.69) is 15.5 Å². The van der Waals surface area contributed by atoms with E-state index in [1.165, 1.54) is 18.2 Å². The topological polar surface area (TPSA) is 81.3 Å². The lowest BCUT2D eigenvalue weighted by Gasteiger charge is -2.34. The fourth-order valence-electron chi connectivity index (χ4n) is 3.16. The summed E-state index contributed by atoms with van der Waals surface area (Å²) in [5.41, 5.74) is 1.61. The molecule has 1 aliphatic heterocycles. The van der Waals surface area contributed by atoms with E-state index in [9.17, 15) is 14.0 Å². The highest BCUT2D eigenvalue weighted by molar-refractivity contribution is 6.04. The highest BCUT2D eigenvalue weighted by Crippen LogP contribution is 2.18. The van der Waals surface area contributed by atoms with Gasteiger partial charge in [0, 0.05) is 37.3 Å². The van der Waals surface area contributed by atoms with Crippen molar-refractivity contribution >= 4 is 28.5 Å². The van der Waals surface area contributed by atoms with Gasteiger partial charge in [0.15, 0.2) is 5.69 Å². The number of carbonyl (C=O) groups excluding carboxylic acids is 2. The highest BCUT2D eigenvalue weighted by Gasteiger charge is 2.27. The molecule has 1 fully saturated rings. The molecule has 1 saturated heterocycles. The van der Waals surface area contributed by atoms with Crippen molar-refractivity contribution < 1.29 is 14.0 Å². The van der Waals surface area contributed by atoms with Crippen LogP contribution >= 0.6 is 0 Å². The van der Waals surface area contributed by atoms with Crippen molar-refractivity contribution in [3.8, 4) is 0 Å². The van der Waals surface area contributed by atoms with Gasteiger partial charge in [-0.1, -0.05) is 24.3 Å². The Hall–Kier alpha value is -3.42. The van der Waals surface area contributed by atoms with Crippen LogP contribution in [-0.2, 0) is 0 Å². The van der Waals surface area contributed by atoms with E-state index in [1.807, 2.05) is 24.3 Å². The van der Waals surface area contributed by atoms with Crippen molar-refractivity contribution in [1.29, 1.82) is 0 Å². The van der Waals surface area contributed by atoms with Gasteiger partial charge >= 0.3 is 6.03 Å². The SMILES string of the molecule is O=C(Nc1cccc(F)c1)N1CCN(C(=O)c2n[nH]c3ccccc23)CC1. The number of halogens is 1. The monoisotopic (exact) mass is 367 g/mol. The Balaban J connectivity index is 1.38. The third kappa shape index (κ3) is 3.46. The molecule has 3 amide bonds. The number of fused-ring (bicyclic) bond motifs is 1. The van der Waals surface area contributed by atoms with Gasteiger partial charge in [-0.2, -0.15) is 5.10 Å². The number of aromatic amines is 1. The average Bonchev–Trinajstić information content (AvgIpc) is 3.12.